The number of nitrogens with zero attached hydrogens (tertiary/aromatic N) is 6. The quantitative estimate of drug-likeness (QED) is 0.148. The number of benzene rings is 2. The van der Waals surface area contributed by atoms with E-state index >= 15 is 0 Å². The van der Waals surface area contributed by atoms with Gasteiger partial charge in [0.15, 0.2) is 0 Å². The summed E-state index contributed by atoms with van der Waals surface area (Å²) in [4.78, 5) is 67.8. The first-order chi connectivity index (χ1) is 29.3. The zero-order valence-electron chi connectivity index (χ0n) is 32.8. The molecule has 0 bridgehead atoms. The number of pyridine rings is 4. The van der Waals surface area contributed by atoms with Crippen LogP contribution in [0.15, 0.2) is 85.2 Å². The number of amides is 3. The van der Waals surface area contributed by atoms with E-state index in [2.05, 4.69) is 25.3 Å². The zero-order valence-corrected chi connectivity index (χ0v) is 32.8. The molecule has 0 spiro atoms. The minimum absolute atomic E-state index is 0.00670. The lowest BCUT2D eigenvalue weighted by molar-refractivity contribution is -0.138. The number of likely N-dealkylation sites (tertiary alicyclic amines) is 2. The van der Waals surface area contributed by atoms with Crippen LogP contribution in [-0.2, 0) is 9.59 Å². The minimum atomic E-state index is -0.630. The molecule has 61 heavy (non-hydrogen) atoms. The average molecular weight is 829 g/mol. The van der Waals surface area contributed by atoms with Crippen molar-refractivity contribution in [1.29, 1.82) is 0 Å². The van der Waals surface area contributed by atoms with Crippen LogP contribution in [0, 0.1) is 23.5 Å². The van der Waals surface area contributed by atoms with Crippen LogP contribution in [0.1, 0.15) is 46.4 Å². The first-order valence-electron chi connectivity index (χ1n) is 19.8. The summed E-state index contributed by atoms with van der Waals surface area (Å²) in [7, 11) is 0. The molecule has 10 rings (SSSR count). The van der Waals surface area contributed by atoms with E-state index in [9.17, 15) is 28.0 Å². The highest BCUT2D eigenvalue weighted by Crippen LogP contribution is 2.32. The number of aliphatic carboxylic acids is 1. The van der Waals surface area contributed by atoms with Crippen molar-refractivity contribution in [3.05, 3.63) is 108 Å². The molecule has 3 amide bonds. The highest BCUT2D eigenvalue weighted by atomic mass is 19.1. The molecule has 0 atom stereocenters. The maximum atomic E-state index is 13.6. The number of rotatable bonds is 7. The van der Waals surface area contributed by atoms with Gasteiger partial charge in [-0.2, -0.15) is 0 Å². The molecule has 17 heteroatoms. The van der Waals surface area contributed by atoms with Gasteiger partial charge in [-0.25, -0.2) is 28.7 Å². The fourth-order valence-electron chi connectivity index (χ4n) is 6.98. The van der Waals surface area contributed by atoms with Gasteiger partial charge >= 0.3 is 5.97 Å². The molecule has 6 aromatic rings. The second-order valence-electron chi connectivity index (χ2n) is 15.6. The van der Waals surface area contributed by atoms with Crippen molar-refractivity contribution in [1.82, 2.24) is 35.1 Å². The largest absolute Gasteiger partial charge is 0.481 e. The van der Waals surface area contributed by atoms with Crippen LogP contribution >= 0.6 is 0 Å². The SMILES string of the molecule is Nc1ncc(C(=O)N2CC(N)C2)c2ccc(-c3cccc(F)c3)nc12.Nc1ncc(C(=O)N2CC(NC(=O)C3CC3)C2)c2ccc(-c3cccc(F)c3)nc12.O=C(O)C1CC1. The van der Waals surface area contributed by atoms with Gasteiger partial charge in [-0.05, 0) is 74.2 Å². The monoisotopic (exact) mass is 828 g/mol. The van der Waals surface area contributed by atoms with Crippen LogP contribution in [0.2, 0.25) is 0 Å². The molecule has 15 nitrogen and oxygen atoms in total. The van der Waals surface area contributed by atoms with Gasteiger partial charge in [0.05, 0.1) is 34.5 Å². The van der Waals surface area contributed by atoms with Crippen molar-refractivity contribution in [2.45, 2.75) is 37.8 Å². The van der Waals surface area contributed by atoms with Gasteiger partial charge in [-0.1, -0.05) is 24.3 Å². The van der Waals surface area contributed by atoms with Crippen LogP contribution in [0.4, 0.5) is 20.4 Å². The number of carbonyl (C=O) groups is 4. The number of nitrogen functional groups attached to an aromatic ring is 2. The third kappa shape index (κ3) is 9.06. The van der Waals surface area contributed by atoms with Gasteiger partial charge in [0.1, 0.15) is 34.3 Å². The molecule has 6 heterocycles. The van der Waals surface area contributed by atoms with Crippen molar-refractivity contribution in [3.8, 4) is 22.5 Å². The maximum Gasteiger partial charge on any atom is 0.306 e. The first kappa shape index (κ1) is 40.6. The Labute approximate surface area is 348 Å². The smallest absolute Gasteiger partial charge is 0.306 e. The van der Waals surface area contributed by atoms with Crippen molar-refractivity contribution in [2.24, 2.45) is 17.6 Å². The standard InChI is InChI=1S/C22H20FN5O2.C18H16FN5O.C4H6O2/c23-14-3-1-2-13(8-14)18-7-6-16-17(9-25-20(24)19(16)27-18)22(30)28-10-15(11-28)26-21(29)12-4-5-12;19-11-3-1-2-10(6-11)15-5-4-13-14(7-22-17(21)16(13)23-15)18(25)24-8-12(20)9-24;5-4(6)3-1-2-3/h1-3,6-9,12,15H,4-5,10-11H2,(H2,24,25)(H,26,29);1-7,12H,8-9,20H2,(H2,21,22);3H,1-2H2,(H,5,6). The van der Waals surface area contributed by atoms with E-state index in [1.807, 2.05) is 0 Å². The lowest BCUT2D eigenvalue weighted by Gasteiger charge is -2.39. The molecule has 0 unspecified atom stereocenters. The van der Waals surface area contributed by atoms with E-state index in [0.717, 1.165) is 25.7 Å². The number of halogens is 2. The number of carbonyl (C=O) groups excluding carboxylic acids is 3. The van der Waals surface area contributed by atoms with Crippen LogP contribution in [0.5, 0.6) is 0 Å². The molecule has 2 aliphatic heterocycles. The molecular weight excluding hydrogens is 787 g/mol. The van der Waals surface area contributed by atoms with Gasteiger partial charge in [0, 0.05) is 72.4 Å². The molecule has 4 aliphatic rings. The number of carboxylic acid groups (broad SMARTS) is 1. The van der Waals surface area contributed by atoms with Gasteiger partial charge in [0.2, 0.25) is 5.91 Å². The summed E-state index contributed by atoms with van der Waals surface area (Å²) >= 11 is 0. The summed E-state index contributed by atoms with van der Waals surface area (Å²) in [5.41, 5.74) is 21.8. The fraction of sp³-hybridized carbons (Fsp3) is 0.273. The predicted octanol–water partition coefficient (Wildman–Crippen LogP) is 4.65. The Bertz CT molecular complexity index is 2700. The summed E-state index contributed by atoms with van der Waals surface area (Å²) in [6.07, 6.45) is 6.63. The fourth-order valence-corrected chi connectivity index (χ4v) is 6.98. The second-order valence-corrected chi connectivity index (χ2v) is 15.6. The molecule has 2 saturated carbocycles. The van der Waals surface area contributed by atoms with Crippen LogP contribution in [0.3, 0.4) is 0 Å². The van der Waals surface area contributed by atoms with Gasteiger partial charge in [-0.15, -0.1) is 0 Å². The molecule has 312 valence electrons. The normalized spacial score (nSPS) is 16.0. The summed E-state index contributed by atoms with van der Waals surface area (Å²) in [5.74, 6) is -0.958. The molecule has 4 fully saturated rings. The van der Waals surface area contributed by atoms with Gasteiger partial charge in [0.25, 0.3) is 11.8 Å². The molecule has 2 aromatic carbocycles. The number of nitrogens with two attached hydrogens (primary N) is 3. The molecule has 8 N–H and O–H groups in total. The van der Waals surface area contributed by atoms with Crippen LogP contribution in [-0.4, -0.2) is 96.8 Å². The van der Waals surface area contributed by atoms with Crippen molar-refractivity contribution < 1.29 is 33.1 Å². The number of hydrogen-bond donors (Lipinski definition) is 5. The van der Waals surface area contributed by atoms with Crippen molar-refractivity contribution in [3.63, 3.8) is 0 Å². The summed E-state index contributed by atoms with van der Waals surface area (Å²) < 4.78 is 27.0. The topological polar surface area (TPSA) is 237 Å². The summed E-state index contributed by atoms with van der Waals surface area (Å²) in [6, 6.07) is 19.3. The van der Waals surface area contributed by atoms with E-state index in [1.165, 1.54) is 36.7 Å². The van der Waals surface area contributed by atoms with E-state index < -0.39 is 5.97 Å². The van der Waals surface area contributed by atoms with Crippen LogP contribution < -0.4 is 22.5 Å². The Morgan fingerprint density at radius 2 is 1.11 bits per heavy atom. The first-order valence-corrected chi connectivity index (χ1v) is 19.8. The van der Waals surface area contributed by atoms with E-state index in [0.29, 0.717) is 81.6 Å². The number of carboxylic acids is 1. The lowest BCUT2D eigenvalue weighted by Crippen LogP contribution is -2.61. The summed E-state index contributed by atoms with van der Waals surface area (Å²) in [5, 5.41) is 12.3. The zero-order chi connectivity index (χ0) is 42.9. The Balaban J connectivity index is 0.000000150. The molecule has 2 aliphatic carbocycles. The number of fused-ring (bicyclic) bond motifs is 2. The molecule has 2 saturated heterocycles. The Hall–Kier alpha value is -7.14. The molecule has 0 radical (unpaired) electrons. The van der Waals surface area contributed by atoms with E-state index in [4.69, 9.17) is 22.3 Å². The second kappa shape index (κ2) is 16.8. The van der Waals surface area contributed by atoms with Crippen molar-refractivity contribution >= 4 is 57.1 Å². The predicted molar refractivity (Wildman–Crippen MR) is 223 cm³/mol. The van der Waals surface area contributed by atoms with Crippen LogP contribution in [0.25, 0.3) is 44.3 Å². The number of hydrogen-bond acceptors (Lipinski definition) is 11. The highest BCUT2D eigenvalue weighted by molar-refractivity contribution is 6.09. The Morgan fingerprint density at radius 3 is 1.51 bits per heavy atom. The van der Waals surface area contributed by atoms with Crippen molar-refractivity contribution in [2.75, 3.05) is 37.6 Å². The van der Waals surface area contributed by atoms with Gasteiger partial charge < -0.3 is 37.4 Å². The third-order valence-electron chi connectivity index (χ3n) is 10.8. The number of nitrogens with one attached hydrogen (secondary N) is 1. The minimum Gasteiger partial charge on any atom is -0.481 e. The third-order valence-corrected chi connectivity index (χ3v) is 10.8. The lowest BCUT2D eigenvalue weighted by atomic mass is 10.0. The highest BCUT2D eigenvalue weighted by Gasteiger charge is 2.37. The Kier molecular flexibility index (Phi) is 11.2. The Morgan fingerprint density at radius 1 is 0.656 bits per heavy atom. The van der Waals surface area contributed by atoms with Gasteiger partial charge in [-0.3, -0.25) is 19.2 Å². The average Bonchev–Trinajstić information content (AvgIpc) is 4.15. The summed E-state index contributed by atoms with van der Waals surface area (Å²) in [6.45, 7) is 1.99. The number of anilines is 2. The van der Waals surface area contributed by atoms with E-state index in [-0.39, 0.29) is 64.9 Å². The molecule has 4 aromatic heterocycles. The maximum absolute atomic E-state index is 13.6. The van der Waals surface area contributed by atoms with E-state index in [1.54, 1.807) is 58.3 Å². The number of aromatic nitrogens is 4. The molecular formula is C44H42F2N10O5.